The van der Waals surface area contributed by atoms with Crippen molar-refractivity contribution in [2.75, 3.05) is 6.79 Å². The molecule has 0 atom stereocenters. The van der Waals surface area contributed by atoms with Gasteiger partial charge < -0.3 is 19.2 Å². The molecule has 0 unspecified atom stereocenters. The second-order valence-electron chi connectivity index (χ2n) is 5.87. The smallest absolute Gasteiger partial charge is 0.419 e. The Balaban J connectivity index is 1.42. The fraction of sp³-hybridized carbons (Fsp3) is 0.222. The number of fused-ring (bicyclic) bond motifs is 2. The molecule has 1 aliphatic heterocycles. The number of hydrogen-bond donors (Lipinski definition) is 1. The van der Waals surface area contributed by atoms with Crippen LogP contribution in [-0.2, 0) is 24.8 Å². The van der Waals surface area contributed by atoms with Crippen LogP contribution < -0.4 is 20.5 Å². The second-order valence-corrected chi connectivity index (χ2v) is 5.87. The maximum atomic E-state index is 12.2. The van der Waals surface area contributed by atoms with Gasteiger partial charge in [-0.2, -0.15) is 0 Å². The van der Waals surface area contributed by atoms with E-state index in [1.54, 1.807) is 25.2 Å². The van der Waals surface area contributed by atoms with Gasteiger partial charge in [0, 0.05) is 13.6 Å². The number of aryl methyl sites for hydroxylation is 1. The molecule has 0 bridgehead atoms. The maximum Gasteiger partial charge on any atom is 0.419 e. The third-order valence-electron chi connectivity index (χ3n) is 4.15. The topological polar surface area (TPSA) is 82.7 Å². The van der Waals surface area contributed by atoms with Crippen LogP contribution >= 0.6 is 0 Å². The van der Waals surface area contributed by atoms with Crippen LogP contribution in [0.5, 0.6) is 11.5 Å². The molecule has 25 heavy (non-hydrogen) atoms. The Morgan fingerprint density at radius 1 is 1.12 bits per heavy atom. The molecule has 0 radical (unpaired) electrons. The maximum absolute atomic E-state index is 12.2. The molecular formula is C18H16N2O5. The summed E-state index contributed by atoms with van der Waals surface area (Å²) in [6.07, 6.45) is 0.222. The van der Waals surface area contributed by atoms with E-state index in [4.69, 9.17) is 13.9 Å². The van der Waals surface area contributed by atoms with Crippen molar-refractivity contribution in [2.45, 2.75) is 13.0 Å². The summed E-state index contributed by atoms with van der Waals surface area (Å²) in [7, 11) is 1.64. The highest BCUT2D eigenvalue weighted by Gasteiger charge is 2.14. The number of carbonyl (C=O) groups is 1. The molecule has 0 spiro atoms. The van der Waals surface area contributed by atoms with Crippen LogP contribution in [0.25, 0.3) is 11.1 Å². The minimum Gasteiger partial charge on any atom is -0.454 e. The molecule has 4 rings (SSSR count). The monoisotopic (exact) mass is 340 g/mol. The van der Waals surface area contributed by atoms with Crippen molar-refractivity contribution in [2.24, 2.45) is 7.05 Å². The van der Waals surface area contributed by atoms with E-state index in [1.165, 1.54) is 4.57 Å². The molecule has 0 aliphatic carbocycles. The van der Waals surface area contributed by atoms with Gasteiger partial charge in [-0.1, -0.05) is 12.1 Å². The molecule has 0 fully saturated rings. The summed E-state index contributed by atoms with van der Waals surface area (Å²) in [5.74, 6) is 0.886. The highest BCUT2D eigenvalue weighted by atomic mass is 16.7. The van der Waals surface area contributed by atoms with Crippen molar-refractivity contribution in [3.8, 4) is 11.5 Å². The number of benzene rings is 2. The lowest BCUT2D eigenvalue weighted by Gasteiger charge is -2.07. The first-order valence-corrected chi connectivity index (χ1v) is 7.84. The predicted octanol–water partition coefficient (Wildman–Crippen LogP) is 1.72. The molecule has 1 N–H and O–H groups in total. The molecule has 3 aromatic rings. The summed E-state index contributed by atoms with van der Waals surface area (Å²) in [4.78, 5) is 23.7. The second kappa shape index (κ2) is 6.01. The van der Waals surface area contributed by atoms with Gasteiger partial charge in [-0.15, -0.1) is 0 Å². The van der Waals surface area contributed by atoms with Crippen molar-refractivity contribution in [1.29, 1.82) is 0 Å². The normalized spacial score (nSPS) is 12.5. The number of carbonyl (C=O) groups excluding carboxylic acids is 1. The number of ether oxygens (including phenoxy) is 2. The first kappa shape index (κ1) is 15.3. The summed E-state index contributed by atoms with van der Waals surface area (Å²) in [5, 5.41) is 2.88. The van der Waals surface area contributed by atoms with Gasteiger partial charge in [0.2, 0.25) is 12.7 Å². The van der Waals surface area contributed by atoms with Gasteiger partial charge in [-0.3, -0.25) is 9.36 Å². The zero-order chi connectivity index (χ0) is 17.4. The molecule has 128 valence electrons. The van der Waals surface area contributed by atoms with E-state index < -0.39 is 5.76 Å². The van der Waals surface area contributed by atoms with Crippen LogP contribution in [0.1, 0.15) is 11.1 Å². The largest absolute Gasteiger partial charge is 0.454 e. The Kier molecular flexibility index (Phi) is 3.68. The lowest BCUT2D eigenvalue weighted by molar-refractivity contribution is -0.120. The van der Waals surface area contributed by atoms with E-state index in [0.717, 1.165) is 11.1 Å². The summed E-state index contributed by atoms with van der Waals surface area (Å²) in [6.45, 7) is 0.631. The summed E-state index contributed by atoms with van der Waals surface area (Å²) >= 11 is 0. The Bertz CT molecular complexity index is 1020. The number of oxazole rings is 1. The quantitative estimate of drug-likeness (QED) is 0.782. The summed E-state index contributed by atoms with van der Waals surface area (Å²) in [5.41, 5.74) is 2.93. The van der Waals surface area contributed by atoms with Gasteiger partial charge in [-0.25, -0.2) is 4.79 Å². The van der Waals surface area contributed by atoms with Gasteiger partial charge in [-0.05, 0) is 35.4 Å². The van der Waals surface area contributed by atoms with E-state index in [2.05, 4.69) is 5.32 Å². The molecule has 7 nitrogen and oxygen atoms in total. The summed E-state index contributed by atoms with van der Waals surface area (Å²) in [6, 6.07) is 10.9. The van der Waals surface area contributed by atoms with Gasteiger partial charge in [0.25, 0.3) is 0 Å². The van der Waals surface area contributed by atoms with Gasteiger partial charge in [0.15, 0.2) is 17.1 Å². The van der Waals surface area contributed by atoms with Crippen LogP contribution in [0.2, 0.25) is 0 Å². The Labute approximate surface area is 142 Å². The van der Waals surface area contributed by atoms with Crippen molar-refractivity contribution in [1.82, 2.24) is 9.88 Å². The average molecular weight is 340 g/mol. The Hall–Kier alpha value is -3.22. The average Bonchev–Trinajstić information content (AvgIpc) is 3.18. The standard InChI is InChI=1S/C18H16N2O5/c1-20-13-6-11(2-4-14(13)25-18(20)22)8-17(21)19-9-12-3-5-15-16(7-12)24-10-23-15/h2-7H,8-10H2,1H3,(H,19,21). The summed E-state index contributed by atoms with van der Waals surface area (Å²) < 4.78 is 17.1. The first-order valence-electron chi connectivity index (χ1n) is 7.84. The van der Waals surface area contributed by atoms with Crippen molar-refractivity contribution in [3.63, 3.8) is 0 Å². The number of hydrogen-bond acceptors (Lipinski definition) is 5. The fourth-order valence-electron chi connectivity index (χ4n) is 2.78. The van der Waals surface area contributed by atoms with Crippen LogP contribution in [0.4, 0.5) is 0 Å². The van der Waals surface area contributed by atoms with E-state index >= 15 is 0 Å². The Morgan fingerprint density at radius 3 is 2.80 bits per heavy atom. The Morgan fingerprint density at radius 2 is 1.92 bits per heavy atom. The highest BCUT2D eigenvalue weighted by molar-refractivity contribution is 5.81. The molecule has 0 saturated carbocycles. The third-order valence-corrected chi connectivity index (χ3v) is 4.15. The fourth-order valence-corrected chi connectivity index (χ4v) is 2.78. The lowest BCUT2D eigenvalue weighted by atomic mass is 10.1. The van der Waals surface area contributed by atoms with E-state index in [0.29, 0.717) is 29.1 Å². The molecule has 2 heterocycles. The SMILES string of the molecule is Cn1c(=O)oc2ccc(CC(=O)NCc3ccc4c(c3)OCO4)cc21. The minimum absolute atomic E-state index is 0.106. The predicted molar refractivity (Wildman–Crippen MR) is 89.6 cm³/mol. The number of aromatic nitrogens is 1. The van der Waals surface area contributed by atoms with Gasteiger partial charge in [0.1, 0.15) is 0 Å². The van der Waals surface area contributed by atoms with Crippen molar-refractivity contribution < 1.29 is 18.7 Å². The molecule has 1 amide bonds. The third kappa shape index (κ3) is 2.96. The van der Waals surface area contributed by atoms with E-state index in [1.807, 2.05) is 18.2 Å². The minimum atomic E-state index is -0.417. The number of amides is 1. The lowest BCUT2D eigenvalue weighted by Crippen LogP contribution is -2.24. The van der Waals surface area contributed by atoms with E-state index in [9.17, 15) is 9.59 Å². The number of nitrogens with one attached hydrogen (secondary N) is 1. The van der Waals surface area contributed by atoms with Crippen LogP contribution in [0.15, 0.2) is 45.6 Å². The number of nitrogens with zero attached hydrogens (tertiary/aromatic N) is 1. The molecule has 1 aliphatic rings. The highest BCUT2D eigenvalue weighted by Crippen LogP contribution is 2.32. The number of rotatable bonds is 4. The van der Waals surface area contributed by atoms with Crippen LogP contribution in [-0.4, -0.2) is 17.3 Å². The molecule has 2 aromatic carbocycles. The molecule has 1 aromatic heterocycles. The van der Waals surface area contributed by atoms with Gasteiger partial charge >= 0.3 is 5.76 Å². The molecule has 7 heteroatoms. The van der Waals surface area contributed by atoms with Crippen LogP contribution in [0.3, 0.4) is 0 Å². The molecular weight excluding hydrogens is 324 g/mol. The molecule has 0 saturated heterocycles. The van der Waals surface area contributed by atoms with Gasteiger partial charge in [0.05, 0.1) is 11.9 Å². The van der Waals surface area contributed by atoms with E-state index in [-0.39, 0.29) is 19.1 Å². The zero-order valence-corrected chi connectivity index (χ0v) is 13.6. The van der Waals surface area contributed by atoms with Crippen molar-refractivity contribution >= 4 is 17.0 Å². The first-order chi connectivity index (χ1) is 12.1. The van der Waals surface area contributed by atoms with Crippen LogP contribution in [0, 0.1) is 0 Å². The zero-order valence-electron chi connectivity index (χ0n) is 13.6. The van der Waals surface area contributed by atoms with Crippen molar-refractivity contribution in [3.05, 3.63) is 58.1 Å².